The first-order valence-corrected chi connectivity index (χ1v) is 2.17. The fourth-order valence-corrected chi connectivity index (χ4v) is 0.219. The van der Waals surface area contributed by atoms with Crippen molar-refractivity contribution < 1.29 is 9.90 Å². The van der Waals surface area contributed by atoms with Crippen molar-refractivity contribution in [2.75, 3.05) is 0 Å². The van der Waals surface area contributed by atoms with E-state index in [-0.39, 0.29) is 0 Å². The molecule has 0 heterocycles. The van der Waals surface area contributed by atoms with Crippen LogP contribution in [0, 0.1) is 0 Å². The molecule has 0 atom stereocenters. The zero-order chi connectivity index (χ0) is 5.70. The normalized spacial score (nSPS) is 9.86. The minimum atomic E-state index is -0.873. The molecule has 0 bridgehead atoms. The zero-order valence-electron chi connectivity index (χ0n) is 4.22. The predicted molar refractivity (Wildman–Crippen MR) is 27.1 cm³/mol. The van der Waals surface area contributed by atoms with Crippen LogP contribution in [0.15, 0.2) is 12.2 Å². The van der Waals surface area contributed by atoms with Crippen LogP contribution in [0.5, 0.6) is 0 Å². The zero-order valence-corrected chi connectivity index (χ0v) is 4.22. The van der Waals surface area contributed by atoms with E-state index in [0.717, 1.165) is 12.5 Å². The summed E-state index contributed by atoms with van der Waals surface area (Å²) in [5.74, 6) is -0.873. The Bertz CT molecular complexity index is 84.1. The van der Waals surface area contributed by atoms with Gasteiger partial charge in [0.2, 0.25) is 0 Å². The van der Waals surface area contributed by atoms with Crippen LogP contribution in [-0.2, 0) is 4.79 Å². The van der Waals surface area contributed by atoms with Crippen LogP contribution in [0.3, 0.4) is 0 Å². The van der Waals surface area contributed by atoms with Crippen molar-refractivity contribution in [3.05, 3.63) is 12.2 Å². The molecule has 0 radical (unpaired) electrons. The molecule has 40 valence electrons. The lowest BCUT2D eigenvalue weighted by atomic mass is 10.4. The molecule has 0 fully saturated rings. The maximum Gasteiger partial charge on any atom is 0.327 e. The number of carboxylic acids is 1. The van der Waals surface area contributed by atoms with Crippen LogP contribution in [0.2, 0.25) is 0 Å². The first-order chi connectivity index (χ1) is 3.27. The quantitative estimate of drug-likeness (QED) is 0.526. The predicted octanol–water partition coefficient (Wildman–Crippen LogP) is 1.04. The highest BCUT2D eigenvalue weighted by Gasteiger charge is 1.79. The van der Waals surface area contributed by atoms with Crippen LogP contribution < -0.4 is 0 Å². The van der Waals surface area contributed by atoms with Crippen molar-refractivity contribution in [2.24, 2.45) is 0 Å². The highest BCUT2D eigenvalue weighted by molar-refractivity contribution is 5.79. The van der Waals surface area contributed by atoms with Gasteiger partial charge < -0.3 is 5.11 Å². The summed E-state index contributed by atoms with van der Waals surface area (Å²) >= 11 is 0. The standard InChI is InChI=1S/C5H8O2/c1-2-3-4-5(6)7/h3-4H,2H2,1H3,(H,6,7)/b4-3+. The molecule has 0 rings (SSSR count). The molecule has 1 N–H and O–H groups in total. The van der Waals surface area contributed by atoms with Crippen LogP contribution in [0.4, 0.5) is 0 Å². The van der Waals surface area contributed by atoms with E-state index in [1.54, 1.807) is 6.08 Å². The van der Waals surface area contributed by atoms with Crippen molar-refractivity contribution in [3.63, 3.8) is 0 Å². The molecule has 2 heteroatoms. The third-order valence-electron chi connectivity index (χ3n) is 0.496. The highest BCUT2D eigenvalue weighted by atomic mass is 16.4. The van der Waals surface area contributed by atoms with Gasteiger partial charge in [-0.3, -0.25) is 0 Å². The van der Waals surface area contributed by atoms with Gasteiger partial charge in [0.05, 0.1) is 0 Å². The van der Waals surface area contributed by atoms with E-state index in [0.29, 0.717) is 0 Å². The van der Waals surface area contributed by atoms with Gasteiger partial charge in [-0.05, 0) is 6.42 Å². The molecule has 0 aliphatic carbocycles. The molecule has 0 saturated heterocycles. The average Bonchev–Trinajstić information content (AvgIpc) is 1.61. The lowest BCUT2D eigenvalue weighted by molar-refractivity contribution is -0.131. The minimum absolute atomic E-state index is 0.784. The van der Waals surface area contributed by atoms with E-state index >= 15 is 0 Å². The third-order valence-corrected chi connectivity index (χ3v) is 0.496. The summed E-state index contributed by atoms with van der Waals surface area (Å²) in [5, 5.41) is 7.96. The maximum atomic E-state index is 9.67. The van der Waals surface area contributed by atoms with E-state index in [1.807, 2.05) is 6.92 Å². The van der Waals surface area contributed by atoms with Gasteiger partial charge in [-0.15, -0.1) is 0 Å². The summed E-state index contributed by atoms with van der Waals surface area (Å²) in [5.41, 5.74) is 0. The summed E-state index contributed by atoms with van der Waals surface area (Å²) in [6.45, 7) is 1.89. The molecule has 0 unspecified atom stereocenters. The average molecular weight is 100 g/mol. The molecule has 0 aromatic rings. The second kappa shape index (κ2) is 3.40. The number of hydrogen-bond donors (Lipinski definition) is 1. The van der Waals surface area contributed by atoms with Crippen molar-refractivity contribution in [1.29, 1.82) is 0 Å². The van der Waals surface area contributed by atoms with Crippen molar-refractivity contribution in [3.8, 4) is 0 Å². The molecule has 0 saturated carbocycles. The van der Waals surface area contributed by atoms with E-state index < -0.39 is 5.97 Å². The fraction of sp³-hybridized carbons (Fsp3) is 0.400. The van der Waals surface area contributed by atoms with E-state index in [1.165, 1.54) is 0 Å². The second-order valence-electron chi connectivity index (χ2n) is 1.15. The second-order valence-corrected chi connectivity index (χ2v) is 1.15. The fourth-order valence-electron chi connectivity index (χ4n) is 0.219. The number of aliphatic carboxylic acids is 1. The van der Waals surface area contributed by atoms with E-state index in [2.05, 4.69) is 0 Å². The SMILES string of the molecule is CC/C=C/C(=O)O. The molecule has 0 amide bonds. The Hall–Kier alpha value is -0.790. The summed E-state index contributed by atoms with van der Waals surface area (Å²) < 4.78 is 0. The maximum absolute atomic E-state index is 9.67. The molecule has 0 aliphatic rings. The smallest absolute Gasteiger partial charge is 0.327 e. The van der Waals surface area contributed by atoms with Gasteiger partial charge in [-0.25, -0.2) is 4.79 Å². The number of allylic oxidation sites excluding steroid dienone is 1. The van der Waals surface area contributed by atoms with Crippen molar-refractivity contribution in [1.82, 2.24) is 0 Å². The lowest BCUT2D eigenvalue weighted by Crippen LogP contribution is -1.84. The molecular weight excluding hydrogens is 92.1 g/mol. The van der Waals surface area contributed by atoms with Gasteiger partial charge >= 0.3 is 5.97 Å². The number of hydrogen-bond acceptors (Lipinski definition) is 1. The van der Waals surface area contributed by atoms with E-state index in [4.69, 9.17) is 5.11 Å². The van der Waals surface area contributed by atoms with Crippen molar-refractivity contribution >= 4 is 5.97 Å². The Balaban J connectivity index is 3.26. The molecular formula is C5H8O2. The topological polar surface area (TPSA) is 37.3 Å². The Morgan fingerprint density at radius 3 is 2.57 bits per heavy atom. The van der Waals surface area contributed by atoms with Gasteiger partial charge in [0.25, 0.3) is 0 Å². The monoisotopic (exact) mass is 100 g/mol. The molecule has 0 aliphatic heterocycles. The van der Waals surface area contributed by atoms with Gasteiger partial charge in [0, 0.05) is 6.08 Å². The first-order valence-electron chi connectivity index (χ1n) is 2.17. The van der Waals surface area contributed by atoms with E-state index in [9.17, 15) is 4.79 Å². The van der Waals surface area contributed by atoms with Gasteiger partial charge in [-0.2, -0.15) is 0 Å². The Morgan fingerprint density at radius 1 is 1.86 bits per heavy atom. The third kappa shape index (κ3) is 5.21. The van der Waals surface area contributed by atoms with Gasteiger partial charge in [-0.1, -0.05) is 13.0 Å². The summed E-state index contributed by atoms with van der Waals surface area (Å²) in [4.78, 5) is 9.67. The number of carbonyl (C=O) groups is 1. The minimum Gasteiger partial charge on any atom is -0.478 e. The molecule has 2 nitrogen and oxygen atoms in total. The highest BCUT2D eigenvalue weighted by Crippen LogP contribution is 1.76. The van der Waals surface area contributed by atoms with Gasteiger partial charge in [0.15, 0.2) is 0 Å². The lowest BCUT2D eigenvalue weighted by Gasteiger charge is -1.73. The summed E-state index contributed by atoms with van der Waals surface area (Å²) in [6, 6.07) is 0. The summed E-state index contributed by atoms with van der Waals surface area (Å²) in [7, 11) is 0. The largest absolute Gasteiger partial charge is 0.478 e. The Morgan fingerprint density at radius 2 is 2.43 bits per heavy atom. The van der Waals surface area contributed by atoms with Crippen LogP contribution in [0.1, 0.15) is 13.3 Å². The first kappa shape index (κ1) is 6.21. The van der Waals surface area contributed by atoms with Crippen LogP contribution >= 0.6 is 0 Å². The Labute approximate surface area is 42.5 Å². The number of carboxylic acid groups (broad SMARTS) is 1. The molecule has 0 spiro atoms. The molecule has 0 aromatic carbocycles. The Kier molecular flexibility index (Phi) is 3.02. The number of rotatable bonds is 2. The van der Waals surface area contributed by atoms with Crippen LogP contribution in [0.25, 0.3) is 0 Å². The summed E-state index contributed by atoms with van der Waals surface area (Å²) in [6.07, 6.45) is 3.52. The van der Waals surface area contributed by atoms with Gasteiger partial charge in [0.1, 0.15) is 0 Å². The van der Waals surface area contributed by atoms with Crippen LogP contribution in [-0.4, -0.2) is 11.1 Å². The molecule has 7 heavy (non-hydrogen) atoms. The van der Waals surface area contributed by atoms with Crippen molar-refractivity contribution in [2.45, 2.75) is 13.3 Å². The molecule has 0 aromatic heterocycles.